The maximum Gasteiger partial charge on any atom is 0.223 e. The summed E-state index contributed by atoms with van der Waals surface area (Å²) >= 11 is 0. The van der Waals surface area contributed by atoms with Crippen molar-refractivity contribution in [2.24, 2.45) is 0 Å². The summed E-state index contributed by atoms with van der Waals surface area (Å²) < 4.78 is 12.9. The second-order valence-corrected chi connectivity index (χ2v) is 6.66. The summed E-state index contributed by atoms with van der Waals surface area (Å²) in [6.07, 6.45) is 3.67. The number of carbonyl (C=O) groups is 1. The fourth-order valence-corrected chi connectivity index (χ4v) is 2.90. The number of nitrogens with zero attached hydrogens (tertiary/aromatic N) is 3. The molecule has 1 amide bonds. The predicted molar refractivity (Wildman–Crippen MR) is 94.6 cm³/mol. The molecule has 1 N–H and O–H groups in total. The number of halogens is 1. The molecule has 6 heteroatoms. The SMILES string of the molecule is CC(C)Nc1ncc2c(n1)CN(C(=O)CCc1ccc(F)cc1)CC2. The van der Waals surface area contributed by atoms with Crippen LogP contribution in [0.1, 0.15) is 37.1 Å². The van der Waals surface area contributed by atoms with Gasteiger partial charge in [0.2, 0.25) is 11.9 Å². The maximum atomic E-state index is 12.9. The van der Waals surface area contributed by atoms with Gasteiger partial charge in [-0.1, -0.05) is 12.1 Å². The first-order valence-corrected chi connectivity index (χ1v) is 8.65. The van der Waals surface area contributed by atoms with E-state index in [-0.39, 0.29) is 17.8 Å². The molecule has 2 aromatic rings. The summed E-state index contributed by atoms with van der Waals surface area (Å²) in [6, 6.07) is 6.57. The number of carbonyl (C=O) groups excluding carboxylic acids is 1. The summed E-state index contributed by atoms with van der Waals surface area (Å²) in [4.78, 5) is 23.2. The summed E-state index contributed by atoms with van der Waals surface area (Å²) in [5, 5.41) is 3.19. The standard InChI is InChI=1S/C19H23FN4O/c1-13(2)22-19-21-11-15-9-10-24(12-17(15)23-19)18(25)8-5-14-3-6-16(20)7-4-14/h3-4,6-7,11,13H,5,8-10,12H2,1-2H3,(H,21,22,23). The Morgan fingerprint density at radius 2 is 2.08 bits per heavy atom. The van der Waals surface area contributed by atoms with Gasteiger partial charge in [0, 0.05) is 25.2 Å². The first-order valence-electron chi connectivity index (χ1n) is 8.65. The lowest BCUT2D eigenvalue weighted by molar-refractivity contribution is -0.132. The van der Waals surface area contributed by atoms with E-state index in [2.05, 4.69) is 15.3 Å². The Hall–Kier alpha value is -2.50. The number of fused-ring (bicyclic) bond motifs is 1. The largest absolute Gasteiger partial charge is 0.352 e. The van der Waals surface area contributed by atoms with Gasteiger partial charge in [-0.15, -0.1) is 0 Å². The number of amides is 1. The zero-order valence-corrected chi connectivity index (χ0v) is 14.6. The van der Waals surface area contributed by atoms with Gasteiger partial charge >= 0.3 is 0 Å². The van der Waals surface area contributed by atoms with Crippen LogP contribution in [-0.2, 0) is 24.2 Å². The molecule has 0 spiro atoms. The Labute approximate surface area is 147 Å². The highest BCUT2D eigenvalue weighted by molar-refractivity contribution is 5.76. The van der Waals surface area contributed by atoms with Crippen molar-refractivity contribution in [2.75, 3.05) is 11.9 Å². The molecule has 0 saturated heterocycles. The van der Waals surface area contributed by atoms with Crippen LogP contribution in [0.5, 0.6) is 0 Å². The smallest absolute Gasteiger partial charge is 0.223 e. The van der Waals surface area contributed by atoms with Gasteiger partial charge < -0.3 is 10.2 Å². The summed E-state index contributed by atoms with van der Waals surface area (Å²) in [6.45, 7) is 5.28. The van der Waals surface area contributed by atoms with E-state index in [1.807, 2.05) is 24.9 Å². The fourth-order valence-electron chi connectivity index (χ4n) is 2.90. The van der Waals surface area contributed by atoms with Crippen LogP contribution in [0.2, 0.25) is 0 Å². The van der Waals surface area contributed by atoms with Gasteiger partial charge in [0.15, 0.2) is 0 Å². The third-order valence-corrected chi connectivity index (χ3v) is 4.26. The number of aryl methyl sites for hydroxylation is 1. The van der Waals surface area contributed by atoms with Crippen LogP contribution in [0.4, 0.5) is 10.3 Å². The Morgan fingerprint density at radius 1 is 1.32 bits per heavy atom. The van der Waals surface area contributed by atoms with E-state index in [1.54, 1.807) is 12.1 Å². The second kappa shape index (κ2) is 7.59. The highest BCUT2D eigenvalue weighted by Crippen LogP contribution is 2.19. The second-order valence-electron chi connectivity index (χ2n) is 6.66. The third-order valence-electron chi connectivity index (χ3n) is 4.26. The zero-order valence-electron chi connectivity index (χ0n) is 14.6. The molecule has 0 radical (unpaired) electrons. The first-order chi connectivity index (χ1) is 12.0. The summed E-state index contributed by atoms with van der Waals surface area (Å²) in [5.41, 5.74) is 2.99. The van der Waals surface area contributed by atoms with Crippen molar-refractivity contribution in [3.63, 3.8) is 0 Å². The molecular weight excluding hydrogens is 319 g/mol. The van der Waals surface area contributed by atoms with Gasteiger partial charge in [-0.3, -0.25) is 4.79 Å². The van der Waals surface area contributed by atoms with E-state index in [9.17, 15) is 9.18 Å². The molecule has 1 aliphatic rings. The normalized spacial score (nSPS) is 13.7. The van der Waals surface area contributed by atoms with Crippen molar-refractivity contribution in [3.05, 3.63) is 53.1 Å². The number of nitrogens with one attached hydrogen (secondary N) is 1. The Morgan fingerprint density at radius 3 is 2.80 bits per heavy atom. The Kier molecular flexibility index (Phi) is 5.26. The Balaban J connectivity index is 1.61. The molecule has 1 aromatic heterocycles. The molecule has 0 saturated carbocycles. The summed E-state index contributed by atoms with van der Waals surface area (Å²) in [5.74, 6) is 0.453. The Bertz CT molecular complexity index is 746. The average molecular weight is 342 g/mol. The van der Waals surface area contributed by atoms with Crippen LogP contribution in [-0.4, -0.2) is 33.4 Å². The maximum absolute atomic E-state index is 12.9. The highest BCUT2D eigenvalue weighted by atomic mass is 19.1. The van der Waals surface area contributed by atoms with Crippen molar-refractivity contribution in [3.8, 4) is 0 Å². The van der Waals surface area contributed by atoms with E-state index in [4.69, 9.17) is 0 Å². The fraction of sp³-hybridized carbons (Fsp3) is 0.421. The van der Waals surface area contributed by atoms with Gasteiger partial charge in [-0.05, 0) is 49.9 Å². The minimum Gasteiger partial charge on any atom is -0.352 e. The van der Waals surface area contributed by atoms with Gasteiger partial charge in [0.05, 0.1) is 12.2 Å². The van der Waals surface area contributed by atoms with Gasteiger partial charge in [0.1, 0.15) is 5.82 Å². The molecule has 1 aromatic carbocycles. The van der Waals surface area contributed by atoms with Crippen LogP contribution < -0.4 is 5.32 Å². The van der Waals surface area contributed by atoms with Crippen LogP contribution in [0.15, 0.2) is 30.5 Å². The van der Waals surface area contributed by atoms with Crippen LogP contribution in [0.3, 0.4) is 0 Å². The van der Waals surface area contributed by atoms with Crippen molar-refractivity contribution in [2.45, 2.75) is 45.7 Å². The molecule has 0 aliphatic carbocycles. The highest BCUT2D eigenvalue weighted by Gasteiger charge is 2.22. The average Bonchev–Trinajstić information content (AvgIpc) is 2.60. The van der Waals surface area contributed by atoms with Crippen LogP contribution >= 0.6 is 0 Å². The van der Waals surface area contributed by atoms with Crippen LogP contribution in [0.25, 0.3) is 0 Å². The third kappa shape index (κ3) is 4.53. The van der Waals surface area contributed by atoms with E-state index >= 15 is 0 Å². The lowest BCUT2D eigenvalue weighted by atomic mass is 10.1. The number of benzene rings is 1. The quantitative estimate of drug-likeness (QED) is 0.908. The lowest BCUT2D eigenvalue weighted by Gasteiger charge is -2.28. The van der Waals surface area contributed by atoms with Crippen molar-refractivity contribution in [1.29, 1.82) is 0 Å². The molecule has 0 fully saturated rings. The van der Waals surface area contributed by atoms with E-state index in [1.165, 1.54) is 12.1 Å². The number of rotatable bonds is 5. The number of aromatic nitrogens is 2. The monoisotopic (exact) mass is 342 g/mol. The molecule has 1 aliphatic heterocycles. The number of hydrogen-bond acceptors (Lipinski definition) is 4. The zero-order chi connectivity index (χ0) is 17.8. The van der Waals surface area contributed by atoms with Gasteiger partial charge in [0.25, 0.3) is 0 Å². The topological polar surface area (TPSA) is 58.1 Å². The molecule has 132 valence electrons. The molecular formula is C19H23FN4O. The van der Waals surface area contributed by atoms with Crippen molar-refractivity contribution in [1.82, 2.24) is 14.9 Å². The molecule has 25 heavy (non-hydrogen) atoms. The van der Waals surface area contributed by atoms with Crippen molar-refractivity contribution >= 4 is 11.9 Å². The molecule has 3 rings (SSSR count). The van der Waals surface area contributed by atoms with Gasteiger partial charge in [-0.25, -0.2) is 14.4 Å². The van der Waals surface area contributed by atoms with E-state index in [0.717, 1.165) is 23.2 Å². The number of hydrogen-bond donors (Lipinski definition) is 1. The lowest BCUT2D eigenvalue weighted by Crippen LogP contribution is -2.36. The van der Waals surface area contributed by atoms with Crippen LogP contribution in [0, 0.1) is 5.82 Å². The van der Waals surface area contributed by atoms with Crippen molar-refractivity contribution < 1.29 is 9.18 Å². The van der Waals surface area contributed by atoms with E-state index < -0.39 is 0 Å². The molecule has 0 bridgehead atoms. The summed E-state index contributed by atoms with van der Waals surface area (Å²) in [7, 11) is 0. The van der Waals surface area contributed by atoms with E-state index in [0.29, 0.717) is 31.9 Å². The number of anilines is 1. The minimum atomic E-state index is -0.256. The predicted octanol–water partition coefficient (Wildman–Crippen LogP) is 2.95. The van der Waals surface area contributed by atoms with Gasteiger partial charge in [-0.2, -0.15) is 0 Å². The molecule has 2 heterocycles. The molecule has 5 nitrogen and oxygen atoms in total. The minimum absolute atomic E-state index is 0.104. The molecule has 0 atom stereocenters. The first kappa shape index (κ1) is 17.3. The molecule has 0 unspecified atom stereocenters.